The zero-order chi connectivity index (χ0) is 12.8. The van der Waals surface area contributed by atoms with Gasteiger partial charge in [0.25, 0.3) is 0 Å². The highest BCUT2D eigenvalue weighted by Gasteiger charge is 2.34. The summed E-state index contributed by atoms with van der Waals surface area (Å²) in [7, 11) is 1.69. The summed E-state index contributed by atoms with van der Waals surface area (Å²) in [6, 6.07) is 9.71. The van der Waals surface area contributed by atoms with Gasteiger partial charge in [0, 0.05) is 25.8 Å². The predicted molar refractivity (Wildman–Crippen MR) is 71.7 cm³/mol. The number of nitrogens with one attached hydrogen (secondary N) is 1. The standard InChI is InChI=1S/C13H19N3O2/c1-17-13(7-8-18-10-13)9-15-12(14)16-11-5-3-2-4-6-11/h2-6H,7-10H2,1H3,(H3,14,15,16). The second kappa shape index (κ2) is 5.84. The van der Waals surface area contributed by atoms with Crippen LogP contribution >= 0.6 is 0 Å². The number of nitrogens with two attached hydrogens (primary N) is 1. The summed E-state index contributed by atoms with van der Waals surface area (Å²) in [5.74, 6) is 0.393. The highest BCUT2D eigenvalue weighted by Crippen LogP contribution is 2.22. The Kier molecular flexibility index (Phi) is 4.17. The first kappa shape index (κ1) is 12.9. The minimum atomic E-state index is -0.316. The van der Waals surface area contributed by atoms with E-state index < -0.39 is 0 Å². The Morgan fingerprint density at radius 2 is 2.28 bits per heavy atom. The van der Waals surface area contributed by atoms with Crippen LogP contribution in [0.2, 0.25) is 0 Å². The van der Waals surface area contributed by atoms with E-state index in [4.69, 9.17) is 15.2 Å². The van der Waals surface area contributed by atoms with Crippen LogP contribution in [0.4, 0.5) is 5.69 Å². The number of benzene rings is 1. The maximum atomic E-state index is 5.84. The molecular formula is C13H19N3O2. The van der Waals surface area contributed by atoms with Gasteiger partial charge < -0.3 is 20.5 Å². The lowest BCUT2D eigenvalue weighted by Gasteiger charge is -2.23. The van der Waals surface area contributed by atoms with Crippen LogP contribution in [0.1, 0.15) is 6.42 Å². The normalized spacial score (nSPS) is 24.2. The van der Waals surface area contributed by atoms with Crippen molar-refractivity contribution in [3.63, 3.8) is 0 Å². The van der Waals surface area contributed by atoms with Crippen LogP contribution in [0.25, 0.3) is 0 Å². The van der Waals surface area contributed by atoms with Gasteiger partial charge in [-0.05, 0) is 12.1 Å². The molecule has 1 aliphatic rings. The fourth-order valence-corrected chi connectivity index (χ4v) is 1.88. The second-order valence-corrected chi connectivity index (χ2v) is 4.38. The number of anilines is 1. The Hall–Kier alpha value is -1.59. The van der Waals surface area contributed by atoms with Crippen LogP contribution in [-0.2, 0) is 9.47 Å². The number of methoxy groups -OCH3 is 1. The molecule has 5 nitrogen and oxygen atoms in total. The molecule has 2 rings (SSSR count). The molecule has 0 saturated carbocycles. The lowest BCUT2D eigenvalue weighted by Crippen LogP contribution is -2.37. The third-order valence-electron chi connectivity index (χ3n) is 3.08. The van der Waals surface area contributed by atoms with E-state index in [2.05, 4.69) is 10.3 Å². The number of nitrogens with zero attached hydrogens (tertiary/aromatic N) is 1. The summed E-state index contributed by atoms with van der Waals surface area (Å²) < 4.78 is 10.8. The Bertz CT molecular complexity index is 400. The van der Waals surface area contributed by atoms with Gasteiger partial charge in [0.05, 0.1) is 13.2 Å². The van der Waals surface area contributed by atoms with Gasteiger partial charge in [0.15, 0.2) is 5.96 Å². The van der Waals surface area contributed by atoms with E-state index >= 15 is 0 Å². The number of ether oxygens (including phenoxy) is 2. The number of aliphatic imine (C=N–C) groups is 1. The fraction of sp³-hybridized carbons (Fsp3) is 0.462. The Balaban J connectivity index is 1.92. The van der Waals surface area contributed by atoms with Crippen LogP contribution in [0.3, 0.4) is 0 Å². The molecule has 0 radical (unpaired) electrons. The molecule has 1 fully saturated rings. The first-order valence-electron chi connectivity index (χ1n) is 5.99. The molecule has 0 amide bonds. The highest BCUT2D eigenvalue weighted by atomic mass is 16.5. The van der Waals surface area contributed by atoms with Crippen LogP contribution in [0, 0.1) is 0 Å². The summed E-state index contributed by atoms with van der Waals surface area (Å²) in [4.78, 5) is 4.32. The molecule has 0 spiro atoms. The molecule has 98 valence electrons. The maximum absolute atomic E-state index is 5.84. The Labute approximate surface area is 107 Å². The Morgan fingerprint density at radius 1 is 1.50 bits per heavy atom. The summed E-state index contributed by atoms with van der Waals surface area (Å²) in [5, 5.41) is 3.04. The lowest BCUT2D eigenvalue weighted by molar-refractivity contribution is -0.00900. The average molecular weight is 249 g/mol. The molecule has 3 N–H and O–H groups in total. The third-order valence-corrected chi connectivity index (χ3v) is 3.08. The summed E-state index contributed by atoms with van der Waals surface area (Å²) >= 11 is 0. The van der Waals surface area contributed by atoms with Crippen LogP contribution in [-0.4, -0.2) is 38.4 Å². The fourth-order valence-electron chi connectivity index (χ4n) is 1.88. The first-order valence-corrected chi connectivity index (χ1v) is 5.99. The smallest absolute Gasteiger partial charge is 0.193 e. The number of hydrogen-bond acceptors (Lipinski definition) is 3. The van der Waals surface area contributed by atoms with Gasteiger partial charge in [-0.1, -0.05) is 18.2 Å². The van der Waals surface area contributed by atoms with E-state index in [0.717, 1.165) is 18.7 Å². The van der Waals surface area contributed by atoms with E-state index in [1.165, 1.54) is 0 Å². The van der Waals surface area contributed by atoms with Crippen molar-refractivity contribution in [2.45, 2.75) is 12.0 Å². The molecule has 0 aliphatic carbocycles. The van der Waals surface area contributed by atoms with E-state index in [9.17, 15) is 0 Å². The van der Waals surface area contributed by atoms with Gasteiger partial charge in [0.2, 0.25) is 0 Å². The number of hydrogen-bond donors (Lipinski definition) is 2. The molecule has 1 aromatic carbocycles. The quantitative estimate of drug-likeness (QED) is 0.622. The monoisotopic (exact) mass is 249 g/mol. The SMILES string of the molecule is COC1(CN=C(N)Nc2ccccc2)CCOC1. The Morgan fingerprint density at radius 3 is 2.89 bits per heavy atom. The third kappa shape index (κ3) is 3.21. The van der Waals surface area contributed by atoms with Gasteiger partial charge in [-0.3, -0.25) is 4.99 Å². The maximum Gasteiger partial charge on any atom is 0.193 e. The number of para-hydroxylation sites is 1. The van der Waals surface area contributed by atoms with Crippen molar-refractivity contribution in [2.75, 3.05) is 32.2 Å². The number of guanidine groups is 1. The van der Waals surface area contributed by atoms with E-state index in [1.807, 2.05) is 30.3 Å². The van der Waals surface area contributed by atoms with Gasteiger partial charge >= 0.3 is 0 Å². The molecule has 1 atom stereocenters. The molecule has 0 bridgehead atoms. The minimum Gasteiger partial charge on any atom is -0.378 e. The van der Waals surface area contributed by atoms with Crippen molar-refractivity contribution in [3.05, 3.63) is 30.3 Å². The van der Waals surface area contributed by atoms with Crippen molar-refractivity contribution in [1.82, 2.24) is 0 Å². The number of rotatable bonds is 4. The molecule has 1 unspecified atom stereocenters. The van der Waals surface area contributed by atoms with Crippen LogP contribution in [0.15, 0.2) is 35.3 Å². The summed E-state index contributed by atoms with van der Waals surface area (Å²) in [6.45, 7) is 1.80. The second-order valence-electron chi connectivity index (χ2n) is 4.38. The molecule has 5 heteroatoms. The molecule has 0 aromatic heterocycles. The lowest BCUT2D eigenvalue weighted by atomic mass is 10.0. The molecular weight excluding hydrogens is 230 g/mol. The molecule has 1 aliphatic heterocycles. The van der Waals surface area contributed by atoms with Crippen molar-refractivity contribution in [1.29, 1.82) is 0 Å². The predicted octanol–water partition coefficient (Wildman–Crippen LogP) is 1.22. The average Bonchev–Trinajstić information content (AvgIpc) is 2.87. The minimum absolute atomic E-state index is 0.316. The molecule has 1 aromatic rings. The van der Waals surface area contributed by atoms with Gasteiger partial charge in [-0.25, -0.2) is 0 Å². The van der Waals surface area contributed by atoms with E-state index in [-0.39, 0.29) is 5.60 Å². The van der Waals surface area contributed by atoms with Crippen LogP contribution in [0.5, 0.6) is 0 Å². The van der Waals surface area contributed by atoms with Gasteiger partial charge in [-0.2, -0.15) is 0 Å². The highest BCUT2D eigenvalue weighted by molar-refractivity contribution is 5.92. The first-order chi connectivity index (χ1) is 8.74. The van der Waals surface area contributed by atoms with Crippen molar-refractivity contribution in [3.8, 4) is 0 Å². The molecule has 1 saturated heterocycles. The van der Waals surface area contributed by atoms with E-state index in [0.29, 0.717) is 19.1 Å². The summed E-state index contributed by atoms with van der Waals surface area (Å²) in [5.41, 5.74) is 6.45. The molecule has 1 heterocycles. The topological polar surface area (TPSA) is 68.9 Å². The zero-order valence-electron chi connectivity index (χ0n) is 10.6. The van der Waals surface area contributed by atoms with Crippen LogP contribution < -0.4 is 11.1 Å². The van der Waals surface area contributed by atoms with Crippen molar-refractivity contribution in [2.24, 2.45) is 10.7 Å². The van der Waals surface area contributed by atoms with Crippen molar-refractivity contribution >= 4 is 11.6 Å². The molecule has 18 heavy (non-hydrogen) atoms. The van der Waals surface area contributed by atoms with Gasteiger partial charge in [0.1, 0.15) is 5.60 Å². The summed E-state index contributed by atoms with van der Waals surface area (Å²) in [6.07, 6.45) is 0.853. The van der Waals surface area contributed by atoms with Gasteiger partial charge in [-0.15, -0.1) is 0 Å². The largest absolute Gasteiger partial charge is 0.378 e. The van der Waals surface area contributed by atoms with Crippen molar-refractivity contribution < 1.29 is 9.47 Å². The zero-order valence-corrected chi connectivity index (χ0v) is 10.6. The van der Waals surface area contributed by atoms with E-state index in [1.54, 1.807) is 7.11 Å².